The third-order valence-corrected chi connectivity index (χ3v) is 5.22. The van der Waals surface area contributed by atoms with Crippen LogP contribution in [-0.2, 0) is 15.1 Å². The lowest BCUT2D eigenvalue weighted by Gasteiger charge is -2.32. The smallest absolute Gasteiger partial charge is 0.387 e. The predicted octanol–water partition coefficient (Wildman–Crippen LogP) is 2.04. The van der Waals surface area contributed by atoms with Crippen molar-refractivity contribution < 1.29 is 27.9 Å². The number of nitrogens with one attached hydrogen (secondary N) is 3. The fourth-order valence-electron chi connectivity index (χ4n) is 3.38. The Morgan fingerprint density at radius 2 is 1.94 bits per heavy atom. The molecule has 176 valence electrons. The number of hydrogen-bond acceptors (Lipinski definition) is 6. The van der Waals surface area contributed by atoms with E-state index in [1.807, 2.05) is 5.32 Å². The van der Waals surface area contributed by atoms with Crippen LogP contribution in [0.5, 0.6) is 0 Å². The topological polar surface area (TPSA) is 146 Å². The summed E-state index contributed by atoms with van der Waals surface area (Å²) in [5.41, 5.74) is 6.84. The number of carbonyl (C=O) groups excluding carboxylic acids is 2. The molecule has 33 heavy (non-hydrogen) atoms. The first-order valence-corrected chi connectivity index (χ1v) is 9.93. The van der Waals surface area contributed by atoms with E-state index in [4.69, 9.17) is 10.8 Å². The van der Waals surface area contributed by atoms with E-state index in [0.717, 1.165) is 0 Å². The summed E-state index contributed by atoms with van der Waals surface area (Å²) in [7, 11) is 0. The molecule has 6 N–H and O–H groups in total. The molecule has 0 aromatic carbocycles. The van der Waals surface area contributed by atoms with Crippen LogP contribution < -0.4 is 16.4 Å². The third kappa shape index (κ3) is 5.12. The maximum absolute atomic E-state index is 12.7. The number of rotatable bonds is 7. The second-order valence-electron chi connectivity index (χ2n) is 7.81. The van der Waals surface area contributed by atoms with Gasteiger partial charge in [-0.3, -0.25) is 14.6 Å². The first kappa shape index (κ1) is 24.1. The number of pyridine rings is 2. The fraction of sp³-hybridized carbons (Fsp3) is 0.333. The lowest BCUT2D eigenvalue weighted by Crippen LogP contribution is -2.56. The van der Waals surface area contributed by atoms with Crippen LogP contribution in [-0.4, -0.2) is 51.2 Å². The van der Waals surface area contributed by atoms with Crippen molar-refractivity contribution in [3.05, 3.63) is 42.5 Å². The molecule has 0 unspecified atom stereocenters. The van der Waals surface area contributed by atoms with Crippen LogP contribution in [0, 0.1) is 5.92 Å². The molecule has 3 aromatic rings. The van der Waals surface area contributed by atoms with Gasteiger partial charge in [-0.2, -0.15) is 13.2 Å². The highest BCUT2D eigenvalue weighted by Crippen LogP contribution is 2.33. The number of aromatic amines is 1. The monoisotopic (exact) mass is 464 g/mol. The molecule has 0 saturated carbocycles. The molecule has 0 aliphatic heterocycles. The van der Waals surface area contributed by atoms with Gasteiger partial charge < -0.3 is 26.5 Å². The minimum atomic E-state index is -4.58. The van der Waals surface area contributed by atoms with Crippen LogP contribution in [0.1, 0.15) is 19.4 Å². The number of anilines is 1. The van der Waals surface area contributed by atoms with Gasteiger partial charge in [-0.25, -0.2) is 4.98 Å². The number of aliphatic hydroxyl groups excluding tert-OH is 1. The SMILES string of the molecule is CC(C)[C@](N)(C(=O)NCC(F)(F)F)c1cncc(-c2c[nH]c3ncc(NC(=O)CO)cc23)c1. The van der Waals surface area contributed by atoms with E-state index in [-0.39, 0.29) is 5.56 Å². The van der Waals surface area contributed by atoms with Crippen molar-refractivity contribution in [2.45, 2.75) is 25.6 Å². The second kappa shape index (κ2) is 9.16. The van der Waals surface area contributed by atoms with Crippen LogP contribution >= 0.6 is 0 Å². The van der Waals surface area contributed by atoms with Crippen molar-refractivity contribution in [1.82, 2.24) is 20.3 Å². The summed E-state index contributed by atoms with van der Waals surface area (Å²) in [6.07, 6.45) is 1.34. The first-order chi connectivity index (χ1) is 15.5. The maximum atomic E-state index is 12.7. The van der Waals surface area contributed by atoms with E-state index in [0.29, 0.717) is 27.8 Å². The Morgan fingerprint density at radius 1 is 1.21 bits per heavy atom. The Hall–Kier alpha value is -3.51. The van der Waals surface area contributed by atoms with Gasteiger partial charge in [0.25, 0.3) is 0 Å². The zero-order chi connectivity index (χ0) is 24.4. The number of nitrogens with two attached hydrogens (primary N) is 1. The van der Waals surface area contributed by atoms with Gasteiger partial charge in [0.05, 0.1) is 11.9 Å². The van der Waals surface area contributed by atoms with Crippen LogP contribution in [0.3, 0.4) is 0 Å². The normalized spacial score (nSPS) is 13.7. The number of halogens is 3. The Balaban J connectivity index is 2.01. The average molecular weight is 464 g/mol. The number of carbonyl (C=O) groups is 2. The van der Waals surface area contributed by atoms with E-state index in [9.17, 15) is 22.8 Å². The number of nitrogens with zero attached hydrogens (tertiary/aromatic N) is 2. The lowest BCUT2D eigenvalue weighted by molar-refractivity contribution is -0.143. The number of H-pyrrole nitrogens is 1. The number of aromatic nitrogens is 3. The summed E-state index contributed by atoms with van der Waals surface area (Å²) in [4.78, 5) is 35.5. The number of amides is 2. The molecule has 0 bridgehead atoms. The van der Waals surface area contributed by atoms with E-state index >= 15 is 0 Å². The molecule has 0 radical (unpaired) electrons. The molecule has 0 saturated heterocycles. The van der Waals surface area contributed by atoms with Gasteiger partial charge in [-0.15, -0.1) is 0 Å². The zero-order valence-corrected chi connectivity index (χ0v) is 17.8. The summed E-state index contributed by atoms with van der Waals surface area (Å²) in [5, 5.41) is 13.9. The Kier molecular flexibility index (Phi) is 6.70. The summed E-state index contributed by atoms with van der Waals surface area (Å²) in [6, 6.07) is 3.23. The largest absolute Gasteiger partial charge is 0.405 e. The van der Waals surface area contributed by atoms with E-state index in [1.54, 1.807) is 32.2 Å². The highest BCUT2D eigenvalue weighted by Gasteiger charge is 2.41. The molecule has 1 atom stereocenters. The minimum absolute atomic E-state index is 0.238. The van der Waals surface area contributed by atoms with Gasteiger partial charge in [0.1, 0.15) is 24.3 Å². The van der Waals surface area contributed by atoms with Crippen LogP contribution in [0.4, 0.5) is 18.9 Å². The Labute approximate surface area is 186 Å². The zero-order valence-electron chi connectivity index (χ0n) is 17.8. The molecule has 2 amide bonds. The molecule has 0 fully saturated rings. The first-order valence-electron chi connectivity index (χ1n) is 9.93. The van der Waals surface area contributed by atoms with E-state index < -0.39 is 42.6 Å². The minimum Gasteiger partial charge on any atom is -0.387 e. The third-order valence-electron chi connectivity index (χ3n) is 5.22. The standard InChI is InChI=1S/C21H23F3N6O3/c1-11(2)21(25,19(33)29-10-20(22,23)24)13-3-12(5-26-6-13)16-8-28-18-15(16)4-14(7-27-18)30-17(32)9-31/h3-8,11,31H,9-10,25H2,1-2H3,(H,27,28)(H,29,33)(H,30,32)/t21-/m1/s1. The molecule has 3 heterocycles. The van der Waals surface area contributed by atoms with Crippen molar-refractivity contribution in [1.29, 1.82) is 0 Å². The van der Waals surface area contributed by atoms with Crippen molar-refractivity contribution in [3.8, 4) is 11.1 Å². The molecule has 0 aliphatic rings. The summed E-state index contributed by atoms with van der Waals surface area (Å²) in [5.74, 6) is -2.12. The number of hydrogen-bond donors (Lipinski definition) is 5. The van der Waals surface area contributed by atoms with Gasteiger partial charge in [-0.05, 0) is 18.1 Å². The molecular formula is C21H23F3N6O3. The molecule has 12 heteroatoms. The van der Waals surface area contributed by atoms with E-state index in [2.05, 4.69) is 20.3 Å². The molecule has 9 nitrogen and oxygen atoms in total. The van der Waals surface area contributed by atoms with Crippen molar-refractivity contribution in [2.24, 2.45) is 11.7 Å². The van der Waals surface area contributed by atoms with Gasteiger partial charge in [-0.1, -0.05) is 13.8 Å². The predicted molar refractivity (Wildman–Crippen MR) is 115 cm³/mol. The summed E-state index contributed by atoms with van der Waals surface area (Å²) < 4.78 is 37.9. The van der Waals surface area contributed by atoms with Crippen LogP contribution in [0.2, 0.25) is 0 Å². The number of alkyl halides is 3. The van der Waals surface area contributed by atoms with Gasteiger partial charge in [0.15, 0.2) is 0 Å². The summed E-state index contributed by atoms with van der Waals surface area (Å²) in [6.45, 7) is 1.08. The average Bonchev–Trinajstić information content (AvgIpc) is 3.19. The van der Waals surface area contributed by atoms with Crippen molar-refractivity contribution in [3.63, 3.8) is 0 Å². The Bertz CT molecular complexity index is 1180. The fourth-order valence-corrected chi connectivity index (χ4v) is 3.38. The van der Waals surface area contributed by atoms with E-state index in [1.165, 1.54) is 18.6 Å². The number of fused-ring (bicyclic) bond motifs is 1. The molecule has 3 rings (SSSR count). The Morgan fingerprint density at radius 3 is 2.58 bits per heavy atom. The lowest BCUT2D eigenvalue weighted by atomic mass is 9.80. The van der Waals surface area contributed by atoms with Crippen molar-refractivity contribution >= 4 is 28.5 Å². The van der Waals surface area contributed by atoms with Gasteiger partial charge >= 0.3 is 6.18 Å². The highest BCUT2D eigenvalue weighted by molar-refractivity contribution is 5.98. The quantitative estimate of drug-likeness (QED) is 0.362. The van der Waals surface area contributed by atoms with Crippen molar-refractivity contribution in [2.75, 3.05) is 18.5 Å². The van der Waals surface area contributed by atoms with Crippen LogP contribution in [0.15, 0.2) is 36.9 Å². The molecule has 3 aromatic heterocycles. The molecule has 0 aliphatic carbocycles. The van der Waals surface area contributed by atoms with Crippen LogP contribution in [0.25, 0.3) is 22.2 Å². The maximum Gasteiger partial charge on any atom is 0.405 e. The molecular weight excluding hydrogens is 441 g/mol. The second-order valence-corrected chi connectivity index (χ2v) is 7.81. The number of aliphatic hydroxyl groups is 1. The van der Waals surface area contributed by atoms with Gasteiger partial charge in [0, 0.05) is 40.7 Å². The molecule has 0 spiro atoms. The summed E-state index contributed by atoms with van der Waals surface area (Å²) >= 11 is 0. The van der Waals surface area contributed by atoms with Gasteiger partial charge in [0.2, 0.25) is 11.8 Å². The highest BCUT2D eigenvalue weighted by atomic mass is 19.4.